The van der Waals surface area contributed by atoms with Crippen LogP contribution in [0.1, 0.15) is 18.3 Å². The number of hydrogen-bond acceptors (Lipinski definition) is 3. The number of aromatic nitrogens is 2. The molecule has 16 heavy (non-hydrogen) atoms. The highest BCUT2D eigenvalue weighted by atomic mass is 35.5. The molecule has 0 saturated carbocycles. The van der Waals surface area contributed by atoms with Gasteiger partial charge in [-0.2, -0.15) is 0 Å². The van der Waals surface area contributed by atoms with Crippen LogP contribution >= 0.6 is 11.6 Å². The van der Waals surface area contributed by atoms with Crippen molar-refractivity contribution < 1.29 is 4.79 Å². The summed E-state index contributed by atoms with van der Waals surface area (Å²) in [4.78, 5) is 29.2. The standard InChI is InChI=1S/C10H12ClN3O2/c1-6-12-8(11)5-9(15)14(6)7-3-4-13(2)10(7)16/h5,7H,3-4H2,1-2H3. The van der Waals surface area contributed by atoms with Crippen molar-refractivity contribution in [1.82, 2.24) is 14.5 Å². The zero-order chi connectivity index (χ0) is 11.9. The van der Waals surface area contributed by atoms with Crippen LogP contribution in [-0.4, -0.2) is 34.0 Å². The summed E-state index contributed by atoms with van der Waals surface area (Å²) in [7, 11) is 1.73. The molecule has 1 aromatic rings. The second-order valence-corrected chi connectivity index (χ2v) is 4.29. The molecule has 0 bridgehead atoms. The number of nitrogens with zero attached hydrogens (tertiary/aromatic N) is 3. The number of likely N-dealkylation sites (N-methyl/N-ethyl adjacent to an activating group) is 1. The molecule has 0 aromatic carbocycles. The number of hydrogen-bond donors (Lipinski definition) is 0. The summed E-state index contributed by atoms with van der Waals surface area (Å²) in [6.45, 7) is 2.34. The first-order valence-electron chi connectivity index (χ1n) is 5.01. The minimum absolute atomic E-state index is 0.0469. The predicted molar refractivity (Wildman–Crippen MR) is 59.5 cm³/mol. The average Bonchev–Trinajstić information content (AvgIpc) is 2.48. The van der Waals surface area contributed by atoms with Crippen molar-refractivity contribution in [1.29, 1.82) is 0 Å². The highest BCUT2D eigenvalue weighted by molar-refractivity contribution is 6.29. The molecule has 1 fully saturated rings. The fourth-order valence-corrected chi connectivity index (χ4v) is 2.21. The SMILES string of the molecule is Cc1nc(Cl)cc(=O)n1C1CCN(C)C1=O. The van der Waals surface area contributed by atoms with E-state index in [0.29, 0.717) is 18.8 Å². The van der Waals surface area contributed by atoms with Crippen molar-refractivity contribution in [2.45, 2.75) is 19.4 Å². The summed E-state index contributed by atoms with van der Waals surface area (Å²) in [6, 6.07) is 0.808. The number of carbonyl (C=O) groups excluding carboxylic acids is 1. The first-order valence-corrected chi connectivity index (χ1v) is 5.39. The molecule has 6 heteroatoms. The molecule has 2 heterocycles. The number of rotatable bonds is 1. The van der Waals surface area contributed by atoms with E-state index in [0.717, 1.165) is 0 Å². The number of aryl methyl sites for hydroxylation is 1. The summed E-state index contributed by atoms with van der Waals surface area (Å²) in [6.07, 6.45) is 0.638. The van der Waals surface area contributed by atoms with Gasteiger partial charge in [-0.3, -0.25) is 14.2 Å². The molecule has 0 N–H and O–H groups in total. The first-order chi connectivity index (χ1) is 7.50. The van der Waals surface area contributed by atoms with Gasteiger partial charge in [-0.1, -0.05) is 11.6 Å². The lowest BCUT2D eigenvalue weighted by Crippen LogP contribution is -2.32. The monoisotopic (exact) mass is 241 g/mol. The van der Waals surface area contributed by atoms with Crippen LogP contribution in [0.3, 0.4) is 0 Å². The Balaban J connectivity index is 2.49. The third kappa shape index (κ3) is 1.71. The fraction of sp³-hybridized carbons (Fsp3) is 0.500. The van der Waals surface area contributed by atoms with Crippen molar-refractivity contribution in [3.8, 4) is 0 Å². The van der Waals surface area contributed by atoms with Gasteiger partial charge in [-0.15, -0.1) is 0 Å². The summed E-state index contributed by atoms with van der Waals surface area (Å²) < 4.78 is 1.41. The number of carbonyl (C=O) groups is 1. The highest BCUT2D eigenvalue weighted by Crippen LogP contribution is 2.21. The van der Waals surface area contributed by atoms with Crippen molar-refractivity contribution >= 4 is 17.5 Å². The molecule has 1 aromatic heterocycles. The molecule has 5 nitrogen and oxygen atoms in total. The Bertz CT molecular complexity index is 497. The van der Waals surface area contributed by atoms with Gasteiger partial charge in [-0.05, 0) is 13.3 Å². The summed E-state index contributed by atoms with van der Waals surface area (Å²) in [5.74, 6) is 0.431. The van der Waals surface area contributed by atoms with E-state index in [1.54, 1.807) is 18.9 Å². The Labute approximate surface area is 97.7 Å². The van der Waals surface area contributed by atoms with Crippen LogP contribution in [0, 0.1) is 6.92 Å². The van der Waals surface area contributed by atoms with Gasteiger partial charge < -0.3 is 4.90 Å². The summed E-state index contributed by atoms with van der Waals surface area (Å²) >= 11 is 5.67. The van der Waals surface area contributed by atoms with E-state index in [1.807, 2.05) is 0 Å². The molecule has 1 aliphatic heterocycles. The molecule has 1 aliphatic rings. The number of likely N-dealkylation sites (tertiary alicyclic amines) is 1. The van der Waals surface area contributed by atoms with E-state index in [-0.39, 0.29) is 16.6 Å². The van der Waals surface area contributed by atoms with Gasteiger partial charge >= 0.3 is 0 Å². The Kier molecular flexibility index (Phi) is 2.71. The maximum atomic E-state index is 11.8. The smallest absolute Gasteiger partial charge is 0.255 e. The van der Waals surface area contributed by atoms with Crippen molar-refractivity contribution in [3.05, 3.63) is 27.4 Å². The minimum atomic E-state index is -0.428. The van der Waals surface area contributed by atoms with Gasteiger partial charge in [0, 0.05) is 19.7 Å². The summed E-state index contributed by atoms with van der Waals surface area (Å²) in [5.41, 5.74) is -0.272. The summed E-state index contributed by atoms with van der Waals surface area (Å²) in [5, 5.41) is 0.164. The first kappa shape index (κ1) is 11.1. The van der Waals surface area contributed by atoms with Gasteiger partial charge in [0.1, 0.15) is 17.0 Å². The van der Waals surface area contributed by atoms with E-state index in [9.17, 15) is 9.59 Å². The Hall–Kier alpha value is -1.36. The highest BCUT2D eigenvalue weighted by Gasteiger charge is 2.32. The van der Waals surface area contributed by atoms with Gasteiger partial charge in [0.2, 0.25) is 5.91 Å². The Morgan fingerprint density at radius 3 is 2.69 bits per heavy atom. The normalized spacial score (nSPS) is 20.6. The van der Waals surface area contributed by atoms with Crippen molar-refractivity contribution in [2.24, 2.45) is 0 Å². The van der Waals surface area contributed by atoms with E-state index in [4.69, 9.17) is 11.6 Å². The van der Waals surface area contributed by atoms with Crippen molar-refractivity contribution in [3.63, 3.8) is 0 Å². The van der Waals surface area contributed by atoms with Crippen LogP contribution in [-0.2, 0) is 4.79 Å². The van der Waals surface area contributed by atoms with Crippen LogP contribution < -0.4 is 5.56 Å². The molecule has 1 unspecified atom stereocenters. The van der Waals surface area contributed by atoms with E-state index in [2.05, 4.69) is 4.98 Å². The van der Waals surface area contributed by atoms with Crippen LogP contribution in [0.4, 0.5) is 0 Å². The molecule has 0 spiro atoms. The maximum absolute atomic E-state index is 11.8. The largest absolute Gasteiger partial charge is 0.344 e. The molecule has 86 valence electrons. The number of amides is 1. The molecule has 1 amide bonds. The third-order valence-corrected chi connectivity index (χ3v) is 3.00. The third-order valence-electron chi connectivity index (χ3n) is 2.81. The molecule has 0 radical (unpaired) electrons. The van der Waals surface area contributed by atoms with Crippen LogP contribution in [0.15, 0.2) is 10.9 Å². The van der Waals surface area contributed by atoms with Gasteiger partial charge in [-0.25, -0.2) is 4.98 Å². The number of halogens is 1. The molecular formula is C10H12ClN3O2. The van der Waals surface area contributed by atoms with E-state index in [1.165, 1.54) is 10.6 Å². The van der Waals surface area contributed by atoms with E-state index >= 15 is 0 Å². The Morgan fingerprint density at radius 1 is 1.50 bits per heavy atom. The lowest BCUT2D eigenvalue weighted by atomic mass is 10.2. The lowest BCUT2D eigenvalue weighted by Gasteiger charge is -2.15. The van der Waals surface area contributed by atoms with Crippen LogP contribution in [0.5, 0.6) is 0 Å². The molecule has 2 rings (SSSR count). The molecule has 1 atom stereocenters. The molecule has 1 saturated heterocycles. The molecular weight excluding hydrogens is 230 g/mol. The zero-order valence-corrected chi connectivity index (χ0v) is 9.86. The molecule has 0 aliphatic carbocycles. The van der Waals surface area contributed by atoms with Crippen LogP contribution in [0.25, 0.3) is 0 Å². The van der Waals surface area contributed by atoms with Gasteiger partial charge in [0.15, 0.2) is 0 Å². The van der Waals surface area contributed by atoms with Gasteiger partial charge in [0.05, 0.1) is 0 Å². The van der Waals surface area contributed by atoms with Gasteiger partial charge in [0.25, 0.3) is 5.56 Å². The fourth-order valence-electron chi connectivity index (χ4n) is 1.99. The average molecular weight is 242 g/mol. The zero-order valence-electron chi connectivity index (χ0n) is 9.11. The second kappa shape index (κ2) is 3.90. The van der Waals surface area contributed by atoms with E-state index < -0.39 is 6.04 Å². The second-order valence-electron chi connectivity index (χ2n) is 3.90. The minimum Gasteiger partial charge on any atom is -0.344 e. The van der Waals surface area contributed by atoms with Crippen LogP contribution in [0.2, 0.25) is 5.15 Å². The maximum Gasteiger partial charge on any atom is 0.255 e. The quantitative estimate of drug-likeness (QED) is 0.677. The Morgan fingerprint density at radius 2 is 2.19 bits per heavy atom. The lowest BCUT2D eigenvalue weighted by molar-refractivity contribution is -0.129. The predicted octanol–water partition coefficient (Wildman–Crippen LogP) is 0.608. The van der Waals surface area contributed by atoms with Crippen molar-refractivity contribution in [2.75, 3.05) is 13.6 Å². The topological polar surface area (TPSA) is 55.2 Å².